The molecular formula is C32H43O3P. The third-order valence-corrected chi connectivity index (χ3v) is 8.43. The molecule has 0 aliphatic carbocycles. The quantitative estimate of drug-likeness (QED) is 0.193. The summed E-state index contributed by atoms with van der Waals surface area (Å²) in [7, 11) is -3.75. The van der Waals surface area contributed by atoms with Crippen LogP contribution in [0.5, 0.6) is 11.5 Å². The van der Waals surface area contributed by atoms with Crippen LogP contribution in [0.2, 0.25) is 0 Å². The van der Waals surface area contributed by atoms with Crippen molar-refractivity contribution in [3.05, 3.63) is 89.0 Å². The summed E-state index contributed by atoms with van der Waals surface area (Å²) in [4.78, 5) is 0. The highest BCUT2D eigenvalue weighted by Crippen LogP contribution is 2.50. The van der Waals surface area contributed by atoms with Gasteiger partial charge in [0.05, 0.1) is 5.30 Å². The van der Waals surface area contributed by atoms with Crippen molar-refractivity contribution in [3.8, 4) is 11.5 Å². The molecule has 0 atom stereocenters. The maximum Gasteiger partial charge on any atom is 0.463 e. The molecule has 36 heavy (non-hydrogen) atoms. The number of para-hydroxylation sites is 2. The van der Waals surface area contributed by atoms with Gasteiger partial charge in [0.2, 0.25) is 0 Å². The first-order valence-corrected chi connectivity index (χ1v) is 15.4. The number of benzene rings is 3. The van der Waals surface area contributed by atoms with Crippen molar-refractivity contribution in [2.24, 2.45) is 0 Å². The fourth-order valence-corrected chi connectivity index (χ4v) is 6.59. The average molecular weight is 507 g/mol. The maximum atomic E-state index is 15.0. The van der Waals surface area contributed by atoms with Gasteiger partial charge in [-0.3, -0.25) is 0 Å². The fourth-order valence-electron chi connectivity index (χ4n) is 4.63. The van der Waals surface area contributed by atoms with E-state index >= 15 is 4.57 Å². The summed E-state index contributed by atoms with van der Waals surface area (Å²) in [6, 6.07) is 22.1. The van der Waals surface area contributed by atoms with Gasteiger partial charge in [-0.2, -0.15) is 0 Å². The molecule has 3 rings (SSSR count). The predicted octanol–water partition coefficient (Wildman–Crippen LogP) is 9.25. The number of hydrogen-bond donors (Lipinski definition) is 0. The van der Waals surface area contributed by atoms with Crippen molar-refractivity contribution in [2.75, 3.05) is 0 Å². The normalized spacial score (nSPS) is 11.4. The summed E-state index contributed by atoms with van der Waals surface area (Å²) in [5.41, 5.74) is 4.50. The Morgan fingerprint density at radius 3 is 1.56 bits per heavy atom. The third kappa shape index (κ3) is 7.26. The van der Waals surface area contributed by atoms with Crippen LogP contribution in [-0.2, 0) is 30.2 Å². The number of aryl methyl sites for hydroxylation is 3. The Morgan fingerprint density at radius 2 is 1.06 bits per heavy atom. The number of rotatable bonds is 15. The van der Waals surface area contributed by atoms with Crippen LogP contribution in [0.4, 0.5) is 0 Å². The van der Waals surface area contributed by atoms with Gasteiger partial charge in [0.25, 0.3) is 0 Å². The van der Waals surface area contributed by atoms with E-state index < -0.39 is 7.60 Å². The lowest BCUT2D eigenvalue weighted by molar-refractivity contribution is 0.395. The van der Waals surface area contributed by atoms with Gasteiger partial charge in [-0.25, -0.2) is 4.57 Å². The monoisotopic (exact) mass is 506 g/mol. The molecule has 3 aromatic rings. The molecule has 0 saturated heterocycles. The van der Waals surface area contributed by atoms with Crippen LogP contribution in [0.25, 0.3) is 0 Å². The molecule has 194 valence electrons. The van der Waals surface area contributed by atoms with Gasteiger partial charge < -0.3 is 9.05 Å². The second-order valence-electron chi connectivity index (χ2n) is 9.52. The molecular weight excluding hydrogens is 463 g/mol. The highest BCUT2D eigenvalue weighted by Gasteiger charge is 2.35. The first-order valence-electron chi connectivity index (χ1n) is 13.8. The molecule has 0 bridgehead atoms. The zero-order valence-corrected chi connectivity index (χ0v) is 23.5. The molecule has 0 fully saturated rings. The Hall–Kier alpha value is -2.51. The SMILES string of the molecule is CCCCc1ccccc1OP(=O)(Oc1ccccc1CCCC)c1cccc(CCC)c1CCC. The molecule has 0 radical (unpaired) electrons. The van der Waals surface area contributed by atoms with E-state index in [1.807, 2.05) is 48.5 Å². The van der Waals surface area contributed by atoms with Crippen molar-refractivity contribution in [1.29, 1.82) is 0 Å². The van der Waals surface area contributed by atoms with Crippen LogP contribution in [0.3, 0.4) is 0 Å². The Kier molecular flexibility index (Phi) is 11.1. The third-order valence-electron chi connectivity index (χ3n) is 6.54. The second-order valence-corrected chi connectivity index (χ2v) is 11.4. The van der Waals surface area contributed by atoms with Crippen molar-refractivity contribution in [2.45, 2.75) is 91.9 Å². The van der Waals surface area contributed by atoms with Gasteiger partial charge in [-0.1, -0.05) is 102 Å². The molecule has 0 spiro atoms. The van der Waals surface area contributed by atoms with Crippen LogP contribution in [0.15, 0.2) is 66.7 Å². The van der Waals surface area contributed by atoms with Crippen LogP contribution in [0.1, 0.15) is 88.5 Å². The largest absolute Gasteiger partial charge is 0.463 e. The summed E-state index contributed by atoms with van der Waals surface area (Å²) < 4.78 is 28.1. The summed E-state index contributed by atoms with van der Waals surface area (Å²) in [5.74, 6) is 1.31. The average Bonchev–Trinajstić information content (AvgIpc) is 2.89. The van der Waals surface area contributed by atoms with Gasteiger partial charge in [0.1, 0.15) is 11.5 Å². The first kappa shape index (κ1) is 28.1. The van der Waals surface area contributed by atoms with E-state index in [-0.39, 0.29) is 0 Å². The second kappa shape index (κ2) is 14.3. The molecule has 0 amide bonds. The Balaban J connectivity index is 2.15. The van der Waals surface area contributed by atoms with Gasteiger partial charge in [-0.15, -0.1) is 0 Å². The van der Waals surface area contributed by atoms with Crippen LogP contribution < -0.4 is 14.4 Å². The summed E-state index contributed by atoms with van der Waals surface area (Å²) in [6.45, 7) is 8.71. The smallest absolute Gasteiger partial charge is 0.413 e. The minimum Gasteiger partial charge on any atom is -0.413 e. The lowest BCUT2D eigenvalue weighted by Crippen LogP contribution is -2.21. The van der Waals surface area contributed by atoms with Gasteiger partial charge >= 0.3 is 7.60 Å². The minimum atomic E-state index is -3.75. The van der Waals surface area contributed by atoms with Crippen LogP contribution in [-0.4, -0.2) is 0 Å². The van der Waals surface area contributed by atoms with Crippen molar-refractivity contribution < 1.29 is 13.6 Å². The molecule has 3 aromatic carbocycles. The molecule has 0 heterocycles. The maximum absolute atomic E-state index is 15.0. The number of unbranched alkanes of at least 4 members (excludes halogenated alkanes) is 2. The predicted molar refractivity (Wildman–Crippen MR) is 153 cm³/mol. The summed E-state index contributed by atoms with van der Waals surface area (Å²) in [6.07, 6.45) is 9.85. The first-order chi connectivity index (χ1) is 17.6. The summed E-state index contributed by atoms with van der Waals surface area (Å²) in [5, 5.41) is 0.700. The highest BCUT2D eigenvalue weighted by molar-refractivity contribution is 7.63. The van der Waals surface area contributed by atoms with Crippen LogP contribution >= 0.6 is 7.60 Å². The van der Waals surface area contributed by atoms with Gasteiger partial charge in [0, 0.05) is 0 Å². The van der Waals surface area contributed by atoms with E-state index in [0.717, 1.165) is 80.9 Å². The van der Waals surface area contributed by atoms with Crippen molar-refractivity contribution >= 4 is 12.9 Å². The molecule has 4 heteroatoms. The van der Waals surface area contributed by atoms with E-state index in [1.54, 1.807) is 0 Å². The Bertz CT molecular complexity index is 1080. The molecule has 0 unspecified atom stereocenters. The molecule has 0 aliphatic rings. The zero-order valence-electron chi connectivity index (χ0n) is 22.6. The van der Waals surface area contributed by atoms with E-state index in [9.17, 15) is 0 Å². The zero-order chi connectivity index (χ0) is 25.8. The van der Waals surface area contributed by atoms with E-state index in [0.29, 0.717) is 16.8 Å². The highest BCUT2D eigenvalue weighted by atomic mass is 31.2. The van der Waals surface area contributed by atoms with Crippen molar-refractivity contribution in [3.63, 3.8) is 0 Å². The van der Waals surface area contributed by atoms with Gasteiger partial charge in [-0.05, 0) is 79.0 Å². The molecule has 0 aromatic heterocycles. The Labute approximate surface area is 218 Å². The van der Waals surface area contributed by atoms with Crippen LogP contribution in [0, 0.1) is 0 Å². The molecule has 0 saturated carbocycles. The number of hydrogen-bond acceptors (Lipinski definition) is 3. The van der Waals surface area contributed by atoms with E-state index in [4.69, 9.17) is 9.05 Å². The minimum absolute atomic E-state index is 0.656. The van der Waals surface area contributed by atoms with E-state index in [2.05, 4.69) is 45.9 Å². The lowest BCUT2D eigenvalue weighted by atomic mass is 10.00. The Morgan fingerprint density at radius 1 is 0.556 bits per heavy atom. The molecule has 0 N–H and O–H groups in total. The standard InChI is InChI=1S/C32H43O3P/c1-5-9-18-27-20-11-13-23-30(27)34-36(33,35-31-24-14-12-21-28(31)19-10-6-2)32-25-15-22-26(16-7-3)29(32)17-8-4/h11-15,20-25H,5-10,16-19H2,1-4H3. The molecule has 0 aliphatic heterocycles. The fraction of sp³-hybridized carbons (Fsp3) is 0.438. The van der Waals surface area contributed by atoms with E-state index in [1.165, 1.54) is 5.56 Å². The summed E-state index contributed by atoms with van der Waals surface area (Å²) >= 11 is 0. The lowest BCUT2D eigenvalue weighted by Gasteiger charge is -2.25. The van der Waals surface area contributed by atoms with Gasteiger partial charge in [0.15, 0.2) is 0 Å². The molecule has 3 nitrogen and oxygen atoms in total. The van der Waals surface area contributed by atoms with Crippen molar-refractivity contribution in [1.82, 2.24) is 0 Å². The topological polar surface area (TPSA) is 35.5 Å².